The van der Waals surface area contributed by atoms with Crippen LogP contribution in [0.4, 0.5) is 4.39 Å². The molecule has 0 radical (unpaired) electrons. The summed E-state index contributed by atoms with van der Waals surface area (Å²) in [4.78, 5) is 26.4. The van der Waals surface area contributed by atoms with E-state index < -0.39 is 29.8 Å². The SMILES string of the molecule is Cc1ccccc1COC(=O)C1CC(O)CN1C(=O)Cc1ccccc1F. The summed E-state index contributed by atoms with van der Waals surface area (Å²) in [6.45, 7) is 2.07. The molecule has 0 spiro atoms. The molecule has 1 saturated heterocycles. The molecule has 1 amide bonds. The summed E-state index contributed by atoms with van der Waals surface area (Å²) in [7, 11) is 0. The van der Waals surface area contributed by atoms with Crippen molar-refractivity contribution in [3.05, 3.63) is 71.0 Å². The number of esters is 1. The zero-order chi connectivity index (χ0) is 19.4. The normalized spacial score (nSPS) is 19.1. The summed E-state index contributed by atoms with van der Waals surface area (Å²) in [6.07, 6.45) is -0.845. The van der Waals surface area contributed by atoms with E-state index in [0.29, 0.717) is 0 Å². The van der Waals surface area contributed by atoms with Crippen LogP contribution in [-0.4, -0.2) is 40.6 Å². The molecule has 2 atom stereocenters. The van der Waals surface area contributed by atoms with Gasteiger partial charge >= 0.3 is 5.97 Å². The van der Waals surface area contributed by atoms with Crippen molar-refractivity contribution >= 4 is 11.9 Å². The third-order valence-corrected chi connectivity index (χ3v) is 4.80. The van der Waals surface area contributed by atoms with Crippen LogP contribution >= 0.6 is 0 Å². The Balaban J connectivity index is 1.66. The van der Waals surface area contributed by atoms with Crippen LogP contribution in [-0.2, 0) is 27.4 Å². The van der Waals surface area contributed by atoms with E-state index in [4.69, 9.17) is 4.74 Å². The van der Waals surface area contributed by atoms with Gasteiger partial charge in [-0.1, -0.05) is 42.5 Å². The highest BCUT2D eigenvalue weighted by Crippen LogP contribution is 2.22. The number of aliphatic hydroxyl groups is 1. The number of β-amino-alcohol motifs (C(OH)–C–C–N with tert-alkyl or cyclic N) is 1. The highest BCUT2D eigenvalue weighted by Gasteiger charge is 2.39. The number of carbonyl (C=O) groups excluding carboxylic acids is 2. The molecule has 0 bridgehead atoms. The van der Waals surface area contributed by atoms with Gasteiger partial charge in [0.05, 0.1) is 12.5 Å². The van der Waals surface area contributed by atoms with Gasteiger partial charge in [-0.15, -0.1) is 0 Å². The number of hydrogen-bond acceptors (Lipinski definition) is 4. The van der Waals surface area contributed by atoms with Gasteiger partial charge < -0.3 is 14.7 Å². The van der Waals surface area contributed by atoms with Gasteiger partial charge in [0.25, 0.3) is 0 Å². The smallest absolute Gasteiger partial charge is 0.329 e. The van der Waals surface area contributed by atoms with Crippen molar-refractivity contribution in [1.29, 1.82) is 0 Å². The molecule has 142 valence electrons. The van der Waals surface area contributed by atoms with Crippen LogP contribution in [0.5, 0.6) is 0 Å². The quantitative estimate of drug-likeness (QED) is 0.820. The maximum Gasteiger partial charge on any atom is 0.329 e. The molecule has 1 N–H and O–H groups in total. The van der Waals surface area contributed by atoms with Crippen LogP contribution in [0.2, 0.25) is 0 Å². The Labute approximate surface area is 157 Å². The van der Waals surface area contributed by atoms with Crippen molar-refractivity contribution in [2.45, 2.75) is 38.5 Å². The molecule has 27 heavy (non-hydrogen) atoms. The lowest BCUT2D eigenvalue weighted by Gasteiger charge is -2.23. The molecule has 3 rings (SSSR count). The second-order valence-corrected chi connectivity index (χ2v) is 6.75. The fraction of sp³-hybridized carbons (Fsp3) is 0.333. The Hall–Kier alpha value is -2.73. The number of hydrogen-bond donors (Lipinski definition) is 1. The predicted molar refractivity (Wildman–Crippen MR) is 97.2 cm³/mol. The largest absolute Gasteiger partial charge is 0.459 e. The minimum atomic E-state index is -0.858. The molecule has 6 heteroatoms. The maximum atomic E-state index is 13.8. The molecule has 0 saturated carbocycles. The van der Waals surface area contributed by atoms with E-state index in [1.54, 1.807) is 12.1 Å². The first-order valence-corrected chi connectivity index (χ1v) is 8.88. The second-order valence-electron chi connectivity index (χ2n) is 6.75. The summed E-state index contributed by atoms with van der Waals surface area (Å²) in [5, 5.41) is 9.94. The van der Waals surface area contributed by atoms with E-state index in [9.17, 15) is 19.1 Å². The van der Waals surface area contributed by atoms with Crippen LogP contribution in [0.25, 0.3) is 0 Å². The molecule has 1 aliphatic rings. The molecule has 2 unspecified atom stereocenters. The standard InChI is InChI=1S/C21H22FNO4/c1-14-6-2-3-8-16(14)13-27-21(26)19-11-17(24)12-23(19)20(25)10-15-7-4-5-9-18(15)22/h2-9,17,19,24H,10-13H2,1H3. The van der Waals surface area contributed by atoms with E-state index in [1.807, 2.05) is 31.2 Å². The summed E-state index contributed by atoms with van der Waals surface area (Å²) in [6, 6.07) is 12.7. The van der Waals surface area contributed by atoms with Crippen molar-refractivity contribution < 1.29 is 23.8 Å². The molecule has 2 aromatic carbocycles. The zero-order valence-electron chi connectivity index (χ0n) is 15.1. The Morgan fingerprint density at radius 2 is 1.81 bits per heavy atom. The minimum absolute atomic E-state index is 0.0391. The topological polar surface area (TPSA) is 66.8 Å². The fourth-order valence-corrected chi connectivity index (χ4v) is 3.24. The third kappa shape index (κ3) is 4.52. The van der Waals surface area contributed by atoms with Gasteiger partial charge in [0.1, 0.15) is 18.5 Å². The Kier molecular flexibility index (Phi) is 5.86. The van der Waals surface area contributed by atoms with Crippen molar-refractivity contribution in [1.82, 2.24) is 4.90 Å². The number of rotatable bonds is 5. The number of aryl methyl sites for hydroxylation is 1. The van der Waals surface area contributed by atoms with Crippen LogP contribution in [0.1, 0.15) is 23.1 Å². The number of halogens is 1. The van der Waals surface area contributed by atoms with Gasteiger partial charge in [-0.3, -0.25) is 4.79 Å². The molecule has 0 aromatic heterocycles. The first kappa shape index (κ1) is 19.0. The van der Waals surface area contributed by atoms with Crippen molar-refractivity contribution in [3.8, 4) is 0 Å². The van der Waals surface area contributed by atoms with Gasteiger partial charge in [-0.25, -0.2) is 9.18 Å². The molecule has 5 nitrogen and oxygen atoms in total. The van der Waals surface area contributed by atoms with Gasteiger partial charge in [0.2, 0.25) is 5.91 Å². The lowest BCUT2D eigenvalue weighted by atomic mass is 10.1. The molecular formula is C21H22FNO4. The van der Waals surface area contributed by atoms with Crippen molar-refractivity contribution in [2.24, 2.45) is 0 Å². The second kappa shape index (κ2) is 8.31. The minimum Gasteiger partial charge on any atom is -0.459 e. The van der Waals surface area contributed by atoms with Gasteiger partial charge in [-0.05, 0) is 29.7 Å². The number of likely N-dealkylation sites (tertiary alicyclic amines) is 1. The number of amides is 1. The molecule has 1 fully saturated rings. The number of benzene rings is 2. The monoisotopic (exact) mass is 371 g/mol. The number of aliphatic hydroxyl groups excluding tert-OH is 1. The first-order valence-electron chi connectivity index (χ1n) is 8.88. The summed E-state index contributed by atoms with van der Waals surface area (Å²) < 4.78 is 19.2. The predicted octanol–water partition coefficient (Wildman–Crippen LogP) is 2.38. The van der Waals surface area contributed by atoms with Crippen molar-refractivity contribution in [3.63, 3.8) is 0 Å². The van der Waals surface area contributed by atoms with Crippen LogP contribution in [0.15, 0.2) is 48.5 Å². The van der Waals surface area contributed by atoms with E-state index in [1.165, 1.54) is 17.0 Å². The molecule has 2 aromatic rings. The van der Waals surface area contributed by atoms with Crippen LogP contribution < -0.4 is 0 Å². The molecular weight excluding hydrogens is 349 g/mol. The first-order chi connectivity index (χ1) is 13.0. The Bertz CT molecular complexity index is 838. The highest BCUT2D eigenvalue weighted by atomic mass is 19.1. The highest BCUT2D eigenvalue weighted by molar-refractivity contribution is 5.86. The van der Waals surface area contributed by atoms with Crippen molar-refractivity contribution in [2.75, 3.05) is 6.54 Å². The Morgan fingerprint density at radius 3 is 2.52 bits per heavy atom. The maximum absolute atomic E-state index is 13.8. The van der Waals surface area contributed by atoms with Gasteiger partial charge in [0, 0.05) is 13.0 Å². The summed E-state index contributed by atoms with van der Waals surface area (Å²) in [5.41, 5.74) is 2.15. The molecule has 0 aliphatic carbocycles. The van der Waals surface area contributed by atoms with E-state index in [-0.39, 0.29) is 31.6 Å². The van der Waals surface area contributed by atoms with Gasteiger partial charge in [-0.2, -0.15) is 0 Å². The van der Waals surface area contributed by atoms with Gasteiger partial charge in [0.15, 0.2) is 0 Å². The lowest BCUT2D eigenvalue weighted by Crippen LogP contribution is -2.42. The summed E-state index contributed by atoms with van der Waals surface area (Å²) in [5.74, 6) is -1.43. The summed E-state index contributed by atoms with van der Waals surface area (Å²) >= 11 is 0. The lowest BCUT2D eigenvalue weighted by molar-refractivity contribution is -0.154. The van der Waals surface area contributed by atoms with Crippen LogP contribution in [0.3, 0.4) is 0 Å². The fourth-order valence-electron chi connectivity index (χ4n) is 3.24. The number of ether oxygens (including phenoxy) is 1. The number of nitrogens with zero attached hydrogens (tertiary/aromatic N) is 1. The Morgan fingerprint density at radius 1 is 1.15 bits per heavy atom. The zero-order valence-corrected chi connectivity index (χ0v) is 15.1. The molecule has 1 heterocycles. The number of carbonyl (C=O) groups is 2. The molecule has 1 aliphatic heterocycles. The van der Waals surface area contributed by atoms with Crippen LogP contribution in [0, 0.1) is 12.7 Å². The third-order valence-electron chi connectivity index (χ3n) is 4.80. The van der Waals surface area contributed by atoms with E-state index in [2.05, 4.69) is 0 Å². The average molecular weight is 371 g/mol. The van der Waals surface area contributed by atoms with E-state index in [0.717, 1.165) is 11.1 Å². The average Bonchev–Trinajstić information content (AvgIpc) is 3.05. The van der Waals surface area contributed by atoms with E-state index >= 15 is 0 Å².